The first-order valence-corrected chi connectivity index (χ1v) is 5.10. The molecule has 0 aliphatic carbocycles. The lowest BCUT2D eigenvalue weighted by atomic mass is 10.1. The molecule has 0 aliphatic heterocycles. The lowest BCUT2D eigenvalue weighted by Crippen LogP contribution is -2.25. The van der Waals surface area contributed by atoms with Gasteiger partial charge in [-0.3, -0.25) is 4.79 Å². The Kier molecular flexibility index (Phi) is 4.89. The van der Waals surface area contributed by atoms with Crippen LogP contribution in [0.15, 0.2) is 29.4 Å². The third-order valence-electron chi connectivity index (χ3n) is 2.17. The van der Waals surface area contributed by atoms with E-state index in [1.165, 1.54) is 0 Å². The van der Waals surface area contributed by atoms with E-state index in [9.17, 15) is 4.79 Å². The topological polar surface area (TPSA) is 77.9 Å². The summed E-state index contributed by atoms with van der Waals surface area (Å²) in [5.74, 6) is -0.0842. The van der Waals surface area contributed by atoms with Crippen LogP contribution in [0.3, 0.4) is 0 Å². The molecule has 1 amide bonds. The highest BCUT2D eigenvalue weighted by molar-refractivity contribution is 5.95. The molecule has 0 unspecified atom stereocenters. The van der Waals surface area contributed by atoms with Gasteiger partial charge in [0, 0.05) is 23.6 Å². The van der Waals surface area contributed by atoms with Gasteiger partial charge in [0.15, 0.2) is 0 Å². The van der Waals surface area contributed by atoms with Crippen LogP contribution in [0.2, 0.25) is 0 Å². The molecule has 0 atom stereocenters. The fourth-order valence-corrected chi connectivity index (χ4v) is 1.32. The summed E-state index contributed by atoms with van der Waals surface area (Å²) in [5, 5.41) is 6.16. The SMILES string of the molecule is Cc1ccccc1C(=O)NCCCN=[N+]=[N-]. The summed E-state index contributed by atoms with van der Waals surface area (Å²) in [7, 11) is 0. The molecule has 16 heavy (non-hydrogen) atoms. The Morgan fingerprint density at radius 1 is 1.50 bits per heavy atom. The van der Waals surface area contributed by atoms with Gasteiger partial charge in [0.05, 0.1) is 0 Å². The van der Waals surface area contributed by atoms with Crippen LogP contribution in [-0.2, 0) is 0 Å². The van der Waals surface area contributed by atoms with E-state index >= 15 is 0 Å². The van der Waals surface area contributed by atoms with Gasteiger partial charge in [-0.1, -0.05) is 23.3 Å². The van der Waals surface area contributed by atoms with E-state index in [-0.39, 0.29) is 5.91 Å². The average Bonchev–Trinajstić information content (AvgIpc) is 2.29. The molecule has 84 valence electrons. The minimum absolute atomic E-state index is 0.0842. The van der Waals surface area contributed by atoms with Gasteiger partial charge >= 0.3 is 0 Å². The van der Waals surface area contributed by atoms with Crippen LogP contribution in [0.5, 0.6) is 0 Å². The number of rotatable bonds is 5. The van der Waals surface area contributed by atoms with Gasteiger partial charge in [-0.05, 0) is 30.5 Å². The molecule has 0 bridgehead atoms. The van der Waals surface area contributed by atoms with E-state index in [1.54, 1.807) is 6.07 Å². The molecule has 5 nitrogen and oxygen atoms in total. The molecule has 1 N–H and O–H groups in total. The second-order valence-corrected chi connectivity index (χ2v) is 3.38. The maximum atomic E-state index is 11.7. The van der Waals surface area contributed by atoms with Crippen molar-refractivity contribution in [1.29, 1.82) is 0 Å². The fourth-order valence-electron chi connectivity index (χ4n) is 1.32. The van der Waals surface area contributed by atoms with Crippen molar-refractivity contribution in [3.63, 3.8) is 0 Å². The Morgan fingerprint density at radius 2 is 2.25 bits per heavy atom. The van der Waals surface area contributed by atoms with Crippen LogP contribution < -0.4 is 5.32 Å². The first-order chi connectivity index (χ1) is 7.75. The summed E-state index contributed by atoms with van der Waals surface area (Å²) in [4.78, 5) is 14.3. The van der Waals surface area contributed by atoms with Crippen LogP contribution in [0.1, 0.15) is 22.3 Å². The zero-order valence-electron chi connectivity index (χ0n) is 9.18. The highest BCUT2D eigenvalue weighted by atomic mass is 16.1. The smallest absolute Gasteiger partial charge is 0.251 e. The van der Waals surface area contributed by atoms with Crippen LogP contribution in [-0.4, -0.2) is 19.0 Å². The van der Waals surface area contributed by atoms with Crippen molar-refractivity contribution >= 4 is 5.91 Å². The largest absolute Gasteiger partial charge is 0.352 e. The van der Waals surface area contributed by atoms with Crippen molar-refractivity contribution in [2.45, 2.75) is 13.3 Å². The molecule has 1 aromatic carbocycles. The van der Waals surface area contributed by atoms with Gasteiger partial charge in [-0.2, -0.15) is 0 Å². The molecule has 0 saturated carbocycles. The third-order valence-corrected chi connectivity index (χ3v) is 2.17. The van der Waals surface area contributed by atoms with Crippen molar-refractivity contribution in [2.24, 2.45) is 5.11 Å². The van der Waals surface area contributed by atoms with Gasteiger partial charge in [-0.15, -0.1) is 0 Å². The predicted octanol–water partition coefficient (Wildman–Crippen LogP) is 2.43. The van der Waals surface area contributed by atoms with Gasteiger partial charge in [0.2, 0.25) is 0 Å². The van der Waals surface area contributed by atoms with E-state index in [4.69, 9.17) is 5.53 Å². The third kappa shape index (κ3) is 3.63. The molecule has 0 aromatic heterocycles. The van der Waals surface area contributed by atoms with Crippen LogP contribution in [0.4, 0.5) is 0 Å². The highest BCUT2D eigenvalue weighted by Gasteiger charge is 2.06. The standard InChI is InChI=1S/C11H14N4O/c1-9-5-2-3-6-10(9)11(16)13-7-4-8-14-15-12/h2-3,5-6H,4,7-8H2,1H3,(H,13,16). The zero-order valence-corrected chi connectivity index (χ0v) is 9.18. The molecule has 0 radical (unpaired) electrons. The molecular weight excluding hydrogens is 204 g/mol. The minimum Gasteiger partial charge on any atom is -0.352 e. The van der Waals surface area contributed by atoms with E-state index in [0.717, 1.165) is 5.56 Å². The maximum Gasteiger partial charge on any atom is 0.251 e. The van der Waals surface area contributed by atoms with Crippen molar-refractivity contribution in [1.82, 2.24) is 5.32 Å². The van der Waals surface area contributed by atoms with Crippen molar-refractivity contribution < 1.29 is 4.79 Å². The zero-order chi connectivity index (χ0) is 11.8. The monoisotopic (exact) mass is 218 g/mol. The fraction of sp³-hybridized carbons (Fsp3) is 0.364. The van der Waals surface area contributed by atoms with E-state index in [2.05, 4.69) is 15.3 Å². The lowest BCUT2D eigenvalue weighted by Gasteiger charge is -2.06. The Bertz CT molecular complexity index is 410. The first-order valence-electron chi connectivity index (χ1n) is 5.10. The first kappa shape index (κ1) is 12.1. The van der Waals surface area contributed by atoms with Gasteiger partial charge in [0.25, 0.3) is 5.91 Å². The number of amides is 1. The Balaban J connectivity index is 2.41. The van der Waals surface area contributed by atoms with E-state index in [1.807, 2.05) is 25.1 Å². The summed E-state index contributed by atoms with van der Waals surface area (Å²) in [5.41, 5.74) is 9.70. The molecule has 1 rings (SSSR count). The molecule has 0 aliphatic rings. The molecule has 0 heterocycles. The number of nitrogens with zero attached hydrogens (tertiary/aromatic N) is 3. The number of nitrogens with one attached hydrogen (secondary N) is 1. The number of aryl methyl sites for hydroxylation is 1. The number of hydrogen-bond donors (Lipinski definition) is 1. The van der Waals surface area contributed by atoms with Gasteiger partial charge < -0.3 is 5.32 Å². The molecular formula is C11H14N4O. The number of benzene rings is 1. The summed E-state index contributed by atoms with van der Waals surface area (Å²) in [6, 6.07) is 7.42. The maximum absolute atomic E-state index is 11.7. The Hall–Kier alpha value is -2.00. The summed E-state index contributed by atoms with van der Waals surface area (Å²) in [6.45, 7) is 2.83. The number of hydrogen-bond acceptors (Lipinski definition) is 2. The van der Waals surface area contributed by atoms with Crippen molar-refractivity contribution in [3.05, 3.63) is 45.8 Å². The summed E-state index contributed by atoms with van der Waals surface area (Å²) in [6.07, 6.45) is 0.654. The average molecular weight is 218 g/mol. The van der Waals surface area contributed by atoms with Crippen molar-refractivity contribution in [2.75, 3.05) is 13.1 Å². The normalized spacial score (nSPS) is 9.31. The summed E-state index contributed by atoms with van der Waals surface area (Å²) < 4.78 is 0. The van der Waals surface area contributed by atoms with Crippen LogP contribution >= 0.6 is 0 Å². The van der Waals surface area contributed by atoms with Gasteiger partial charge in [0.1, 0.15) is 0 Å². The predicted molar refractivity (Wildman–Crippen MR) is 62.1 cm³/mol. The van der Waals surface area contributed by atoms with Crippen LogP contribution in [0.25, 0.3) is 10.4 Å². The second kappa shape index (κ2) is 6.48. The Labute approximate surface area is 94.1 Å². The number of carbonyl (C=O) groups is 1. The second-order valence-electron chi connectivity index (χ2n) is 3.38. The van der Waals surface area contributed by atoms with Gasteiger partial charge in [-0.25, -0.2) is 0 Å². The van der Waals surface area contributed by atoms with E-state index in [0.29, 0.717) is 25.1 Å². The Morgan fingerprint density at radius 3 is 2.94 bits per heavy atom. The molecule has 0 spiro atoms. The molecule has 0 fully saturated rings. The highest BCUT2D eigenvalue weighted by Crippen LogP contribution is 2.06. The molecule has 0 saturated heterocycles. The van der Waals surface area contributed by atoms with Crippen LogP contribution in [0, 0.1) is 6.92 Å². The molecule has 5 heteroatoms. The number of carbonyl (C=O) groups excluding carboxylic acids is 1. The summed E-state index contributed by atoms with van der Waals surface area (Å²) >= 11 is 0. The quantitative estimate of drug-likeness (QED) is 0.350. The molecule has 1 aromatic rings. The lowest BCUT2D eigenvalue weighted by molar-refractivity contribution is 0.0953. The van der Waals surface area contributed by atoms with Crippen molar-refractivity contribution in [3.8, 4) is 0 Å². The van der Waals surface area contributed by atoms with E-state index < -0.39 is 0 Å². The minimum atomic E-state index is -0.0842. The number of azide groups is 1.